The van der Waals surface area contributed by atoms with Gasteiger partial charge in [-0.3, -0.25) is 4.99 Å². The van der Waals surface area contributed by atoms with Crippen LogP contribution in [0, 0.1) is 0 Å². The summed E-state index contributed by atoms with van der Waals surface area (Å²) in [7, 11) is 0. The highest BCUT2D eigenvalue weighted by atomic mass is 16.3. The smallest absolute Gasteiger partial charge is 0.191 e. The van der Waals surface area contributed by atoms with Crippen LogP contribution in [0.3, 0.4) is 0 Å². The Morgan fingerprint density at radius 3 is 1.80 bits per heavy atom. The molecule has 0 rings (SSSR count). The van der Waals surface area contributed by atoms with Crippen molar-refractivity contribution in [1.29, 1.82) is 0 Å². The van der Waals surface area contributed by atoms with Gasteiger partial charge in [-0.1, -0.05) is 51.9 Å². The number of aliphatic imine (C=N–C) groups is 1. The fourth-order valence-corrected chi connectivity index (χ4v) is 1.96. The molecular weight excluding hydrogens is 254 g/mol. The summed E-state index contributed by atoms with van der Waals surface area (Å²) >= 11 is 0. The zero-order valence-electron chi connectivity index (χ0n) is 13.0. The maximum atomic E-state index is 8.78. The van der Waals surface area contributed by atoms with Gasteiger partial charge in [-0.15, -0.1) is 0 Å². The second-order valence-corrected chi connectivity index (χ2v) is 5.01. The summed E-state index contributed by atoms with van der Waals surface area (Å²) in [6.45, 7) is 4.16. The Hall–Kier alpha value is -0.810. The molecule has 0 aliphatic heterocycles. The van der Waals surface area contributed by atoms with Gasteiger partial charge in [0.25, 0.3) is 0 Å². The van der Waals surface area contributed by atoms with Gasteiger partial charge >= 0.3 is 0 Å². The molecule has 5 nitrogen and oxygen atoms in total. The Morgan fingerprint density at radius 1 is 0.800 bits per heavy atom. The van der Waals surface area contributed by atoms with Crippen molar-refractivity contribution in [1.82, 2.24) is 10.6 Å². The van der Waals surface area contributed by atoms with Crippen LogP contribution in [0.5, 0.6) is 0 Å². The summed E-state index contributed by atoms with van der Waals surface area (Å²) in [5, 5.41) is 23.6. The summed E-state index contributed by atoms with van der Waals surface area (Å²) in [5.74, 6) is 0.677. The fraction of sp³-hybridized carbons (Fsp3) is 0.933. The van der Waals surface area contributed by atoms with Gasteiger partial charge in [0.2, 0.25) is 0 Å². The molecule has 0 fully saturated rings. The van der Waals surface area contributed by atoms with Crippen LogP contribution < -0.4 is 10.6 Å². The third-order valence-corrected chi connectivity index (χ3v) is 3.09. The average Bonchev–Trinajstić information content (AvgIpc) is 2.47. The molecule has 0 spiro atoms. The molecule has 0 aliphatic carbocycles. The topological polar surface area (TPSA) is 76.9 Å². The van der Waals surface area contributed by atoms with Gasteiger partial charge in [-0.25, -0.2) is 0 Å². The molecule has 0 aromatic rings. The van der Waals surface area contributed by atoms with E-state index in [4.69, 9.17) is 10.2 Å². The SMILES string of the molecule is CCCCCCCCCCN=C(NCCO)NCCO. The van der Waals surface area contributed by atoms with E-state index < -0.39 is 0 Å². The van der Waals surface area contributed by atoms with Crippen LogP contribution in [0.2, 0.25) is 0 Å². The van der Waals surface area contributed by atoms with Crippen LogP contribution in [-0.2, 0) is 0 Å². The molecule has 20 heavy (non-hydrogen) atoms. The minimum absolute atomic E-state index is 0.0809. The van der Waals surface area contributed by atoms with Crippen molar-refractivity contribution in [2.75, 3.05) is 32.8 Å². The predicted octanol–water partition coefficient (Wildman–Crippen LogP) is 1.65. The van der Waals surface area contributed by atoms with E-state index in [1.165, 1.54) is 44.9 Å². The zero-order valence-corrected chi connectivity index (χ0v) is 13.0. The maximum Gasteiger partial charge on any atom is 0.191 e. The normalized spacial score (nSPS) is 10.3. The van der Waals surface area contributed by atoms with Crippen LogP contribution in [0.15, 0.2) is 4.99 Å². The van der Waals surface area contributed by atoms with Crippen LogP contribution in [0.4, 0.5) is 0 Å². The van der Waals surface area contributed by atoms with E-state index in [0.29, 0.717) is 19.0 Å². The Morgan fingerprint density at radius 2 is 1.30 bits per heavy atom. The van der Waals surface area contributed by atoms with Gasteiger partial charge in [0.05, 0.1) is 13.2 Å². The summed E-state index contributed by atoms with van der Waals surface area (Å²) in [4.78, 5) is 4.42. The first-order valence-electron chi connectivity index (χ1n) is 8.09. The minimum Gasteiger partial charge on any atom is -0.395 e. The summed E-state index contributed by atoms with van der Waals surface area (Å²) < 4.78 is 0. The second kappa shape index (κ2) is 16.2. The molecule has 0 saturated heterocycles. The maximum absolute atomic E-state index is 8.78. The lowest BCUT2D eigenvalue weighted by Gasteiger charge is -2.10. The van der Waals surface area contributed by atoms with E-state index in [-0.39, 0.29) is 13.2 Å². The van der Waals surface area contributed by atoms with Gasteiger partial charge in [-0.2, -0.15) is 0 Å². The Labute approximate surface area is 123 Å². The largest absolute Gasteiger partial charge is 0.395 e. The zero-order chi connectivity index (χ0) is 14.9. The standard InChI is InChI=1S/C15H33N3O2/c1-2-3-4-5-6-7-8-9-10-16-15(17-11-13-19)18-12-14-20/h19-20H,2-14H2,1H3,(H2,16,17,18). The molecule has 0 atom stereocenters. The van der Waals surface area contributed by atoms with E-state index in [1.54, 1.807) is 0 Å². The molecule has 0 bridgehead atoms. The predicted molar refractivity (Wildman–Crippen MR) is 85.1 cm³/mol. The summed E-state index contributed by atoms with van der Waals surface area (Å²) in [6.07, 6.45) is 10.3. The first-order valence-corrected chi connectivity index (χ1v) is 8.09. The number of unbranched alkanes of at least 4 members (excludes halogenated alkanes) is 7. The van der Waals surface area contributed by atoms with Crippen molar-refractivity contribution in [3.8, 4) is 0 Å². The van der Waals surface area contributed by atoms with E-state index in [2.05, 4.69) is 22.5 Å². The highest BCUT2D eigenvalue weighted by Gasteiger charge is 1.96. The number of guanidine groups is 1. The molecule has 0 saturated carbocycles. The monoisotopic (exact) mass is 287 g/mol. The van der Waals surface area contributed by atoms with E-state index in [1.807, 2.05) is 0 Å². The molecule has 0 amide bonds. The third kappa shape index (κ3) is 13.6. The van der Waals surface area contributed by atoms with Gasteiger partial charge in [0.15, 0.2) is 5.96 Å². The molecule has 0 radical (unpaired) electrons. The van der Waals surface area contributed by atoms with E-state index in [0.717, 1.165) is 13.0 Å². The number of rotatable bonds is 13. The van der Waals surface area contributed by atoms with Crippen molar-refractivity contribution in [3.63, 3.8) is 0 Å². The Kier molecular flexibility index (Phi) is 15.6. The van der Waals surface area contributed by atoms with Crippen molar-refractivity contribution < 1.29 is 10.2 Å². The van der Waals surface area contributed by atoms with Crippen molar-refractivity contribution in [3.05, 3.63) is 0 Å². The number of nitrogens with zero attached hydrogens (tertiary/aromatic N) is 1. The number of hydrogen-bond donors (Lipinski definition) is 4. The second-order valence-electron chi connectivity index (χ2n) is 5.01. The lowest BCUT2D eigenvalue weighted by Crippen LogP contribution is -2.40. The average molecular weight is 287 g/mol. The highest BCUT2D eigenvalue weighted by molar-refractivity contribution is 5.79. The lowest BCUT2D eigenvalue weighted by molar-refractivity contribution is 0.295. The first kappa shape index (κ1) is 19.2. The molecule has 0 heterocycles. The summed E-state index contributed by atoms with van der Waals surface area (Å²) in [6, 6.07) is 0. The van der Waals surface area contributed by atoms with E-state index >= 15 is 0 Å². The van der Waals surface area contributed by atoms with Gasteiger partial charge in [0, 0.05) is 19.6 Å². The fourth-order valence-electron chi connectivity index (χ4n) is 1.96. The van der Waals surface area contributed by atoms with Gasteiger partial charge in [-0.05, 0) is 6.42 Å². The van der Waals surface area contributed by atoms with Crippen LogP contribution in [0.25, 0.3) is 0 Å². The number of hydrogen-bond acceptors (Lipinski definition) is 3. The molecule has 0 unspecified atom stereocenters. The van der Waals surface area contributed by atoms with Crippen molar-refractivity contribution >= 4 is 5.96 Å². The molecular formula is C15H33N3O2. The minimum atomic E-state index is 0.0809. The Balaban J connectivity index is 3.55. The highest BCUT2D eigenvalue weighted by Crippen LogP contribution is 2.08. The van der Waals surface area contributed by atoms with Crippen LogP contribution >= 0.6 is 0 Å². The number of aliphatic hydroxyl groups excluding tert-OH is 2. The van der Waals surface area contributed by atoms with Gasteiger partial charge < -0.3 is 20.8 Å². The number of nitrogens with one attached hydrogen (secondary N) is 2. The quantitative estimate of drug-likeness (QED) is 0.236. The van der Waals surface area contributed by atoms with Crippen LogP contribution in [0.1, 0.15) is 58.3 Å². The first-order chi connectivity index (χ1) is 9.85. The molecule has 120 valence electrons. The molecule has 0 aromatic carbocycles. The molecule has 4 N–H and O–H groups in total. The molecule has 0 aromatic heterocycles. The molecule has 0 aliphatic rings. The lowest BCUT2D eigenvalue weighted by atomic mass is 10.1. The Bertz CT molecular complexity index is 213. The van der Waals surface area contributed by atoms with Crippen molar-refractivity contribution in [2.45, 2.75) is 58.3 Å². The number of aliphatic hydroxyl groups is 2. The summed E-state index contributed by atoms with van der Waals surface area (Å²) in [5.41, 5.74) is 0. The molecule has 5 heteroatoms. The van der Waals surface area contributed by atoms with Crippen molar-refractivity contribution in [2.24, 2.45) is 4.99 Å². The third-order valence-electron chi connectivity index (χ3n) is 3.09. The van der Waals surface area contributed by atoms with Crippen LogP contribution in [-0.4, -0.2) is 49.0 Å². The van der Waals surface area contributed by atoms with E-state index in [9.17, 15) is 0 Å². The van der Waals surface area contributed by atoms with Gasteiger partial charge in [0.1, 0.15) is 0 Å².